The van der Waals surface area contributed by atoms with Gasteiger partial charge in [0.05, 0.1) is 12.0 Å². The lowest BCUT2D eigenvalue weighted by molar-refractivity contribution is -0.0340. The predicted molar refractivity (Wildman–Crippen MR) is 121 cm³/mol. The minimum atomic E-state index is -0.211. The first kappa shape index (κ1) is 20.0. The van der Waals surface area contributed by atoms with Gasteiger partial charge in [-0.1, -0.05) is 35.4 Å². The molecule has 160 valence electrons. The summed E-state index contributed by atoms with van der Waals surface area (Å²) < 4.78 is 25.4. The van der Waals surface area contributed by atoms with Gasteiger partial charge in [-0.2, -0.15) is 4.37 Å². The maximum Gasteiger partial charge on any atom is 0.161 e. The van der Waals surface area contributed by atoms with Crippen LogP contribution < -0.4 is 9.47 Å². The third-order valence-electron chi connectivity index (χ3n) is 5.61. The number of ether oxygens (including phenoxy) is 3. The predicted octanol–water partition coefficient (Wildman–Crippen LogP) is 5.23. The van der Waals surface area contributed by atoms with E-state index in [4.69, 9.17) is 14.2 Å². The summed E-state index contributed by atoms with van der Waals surface area (Å²) in [5.74, 6) is 1.67. The first-order valence-corrected chi connectivity index (χ1v) is 11.2. The monoisotopic (exact) mass is 435 g/mol. The Morgan fingerprint density at radius 2 is 1.68 bits per heavy atom. The van der Waals surface area contributed by atoms with Crippen molar-refractivity contribution in [1.82, 2.24) is 13.9 Å². The van der Waals surface area contributed by atoms with Crippen molar-refractivity contribution in [1.29, 1.82) is 0 Å². The molecule has 3 atom stereocenters. The molecular formula is C24H25N3O3S. The topological polar surface area (TPSA) is 58.4 Å². The molecule has 0 amide bonds. The molecule has 3 heterocycles. The standard InChI is InChI=1S/C24H25N3O3S/c1-15-4-8-18(9-5-15)28-13-21-20(29-19-10-6-16(2)7-11-19)12-22(30-21)27-14-25-24-23(27)17(3)26-31-24/h4-11,14,20-22H,12-13H2,1-3H3/t20-,21+,22+/m0/s1. The van der Waals surface area contributed by atoms with Crippen LogP contribution in [0.15, 0.2) is 54.9 Å². The van der Waals surface area contributed by atoms with Crippen molar-refractivity contribution in [3.63, 3.8) is 0 Å². The van der Waals surface area contributed by atoms with Gasteiger partial charge in [-0.3, -0.25) is 0 Å². The van der Waals surface area contributed by atoms with Gasteiger partial charge in [-0.15, -0.1) is 0 Å². The zero-order valence-corrected chi connectivity index (χ0v) is 18.6. The molecule has 1 saturated heterocycles. The number of fused-ring (bicyclic) bond motifs is 1. The highest BCUT2D eigenvalue weighted by Crippen LogP contribution is 2.35. The van der Waals surface area contributed by atoms with E-state index in [1.807, 2.05) is 49.6 Å². The van der Waals surface area contributed by atoms with Crippen molar-refractivity contribution in [3.8, 4) is 11.5 Å². The molecule has 1 aliphatic heterocycles. The first-order valence-electron chi connectivity index (χ1n) is 10.4. The molecule has 4 aromatic rings. The molecule has 0 unspecified atom stereocenters. The van der Waals surface area contributed by atoms with Crippen LogP contribution >= 0.6 is 11.5 Å². The lowest BCUT2D eigenvalue weighted by Gasteiger charge is -2.20. The normalized spacial score (nSPS) is 20.9. The van der Waals surface area contributed by atoms with Gasteiger partial charge < -0.3 is 18.8 Å². The van der Waals surface area contributed by atoms with Gasteiger partial charge in [0.2, 0.25) is 0 Å². The fourth-order valence-electron chi connectivity index (χ4n) is 3.88. The molecule has 1 fully saturated rings. The highest BCUT2D eigenvalue weighted by Gasteiger charge is 2.39. The fraction of sp³-hybridized carbons (Fsp3) is 0.333. The summed E-state index contributed by atoms with van der Waals surface area (Å²) in [5, 5.41) is 0. The Hall–Kier alpha value is -2.90. The van der Waals surface area contributed by atoms with Gasteiger partial charge in [0.15, 0.2) is 4.83 Å². The molecule has 31 heavy (non-hydrogen) atoms. The van der Waals surface area contributed by atoms with E-state index in [0.717, 1.165) is 27.5 Å². The second-order valence-electron chi connectivity index (χ2n) is 8.03. The summed E-state index contributed by atoms with van der Waals surface area (Å²) >= 11 is 1.41. The Morgan fingerprint density at radius 3 is 2.39 bits per heavy atom. The third-order valence-corrected chi connectivity index (χ3v) is 6.44. The number of aryl methyl sites for hydroxylation is 3. The molecule has 5 rings (SSSR count). The van der Waals surface area contributed by atoms with Crippen LogP contribution in [0.4, 0.5) is 0 Å². The Kier molecular flexibility index (Phi) is 5.38. The summed E-state index contributed by atoms with van der Waals surface area (Å²) in [4.78, 5) is 5.42. The molecule has 6 nitrogen and oxygen atoms in total. The molecule has 0 spiro atoms. The smallest absolute Gasteiger partial charge is 0.161 e. The van der Waals surface area contributed by atoms with Crippen LogP contribution in [0.5, 0.6) is 11.5 Å². The average molecular weight is 436 g/mol. The van der Waals surface area contributed by atoms with E-state index >= 15 is 0 Å². The number of nitrogens with zero attached hydrogens (tertiary/aromatic N) is 3. The van der Waals surface area contributed by atoms with E-state index in [2.05, 4.69) is 39.9 Å². The van der Waals surface area contributed by atoms with Gasteiger partial charge in [-0.05, 0) is 56.6 Å². The van der Waals surface area contributed by atoms with Crippen LogP contribution in [0.25, 0.3) is 10.3 Å². The molecule has 0 radical (unpaired) electrons. The van der Waals surface area contributed by atoms with Crippen molar-refractivity contribution in [2.24, 2.45) is 0 Å². The van der Waals surface area contributed by atoms with E-state index in [-0.39, 0.29) is 18.4 Å². The molecule has 0 aliphatic carbocycles. The number of hydrogen-bond acceptors (Lipinski definition) is 6. The molecule has 0 bridgehead atoms. The van der Waals surface area contributed by atoms with Gasteiger partial charge >= 0.3 is 0 Å². The molecular weight excluding hydrogens is 410 g/mol. The van der Waals surface area contributed by atoms with E-state index in [9.17, 15) is 0 Å². The summed E-state index contributed by atoms with van der Waals surface area (Å²) in [5.41, 5.74) is 4.41. The van der Waals surface area contributed by atoms with Crippen molar-refractivity contribution in [3.05, 3.63) is 71.7 Å². The zero-order chi connectivity index (χ0) is 21.4. The second kappa shape index (κ2) is 8.32. The van der Waals surface area contributed by atoms with E-state index in [1.165, 1.54) is 22.7 Å². The largest absolute Gasteiger partial charge is 0.491 e. The van der Waals surface area contributed by atoms with Gasteiger partial charge in [0, 0.05) is 6.42 Å². The van der Waals surface area contributed by atoms with Crippen LogP contribution in [0, 0.1) is 20.8 Å². The van der Waals surface area contributed by atoms with E-state index in [0.29, 0.717) is 13.0 Å². The van der Waals surface area contributed by atoms with Crippen LogP contribution in [-0.4, -0.2) is 32.7 Å². The van der Waals surface area contributed by atoms with Gasteiger partial charge in [0.1, 0.15) is 42.1 Å². The maximum atomic E-state index is 6.44. The minimum Gasteiger partial charge on any atom is -0.491 e. The number of benzene rings is 2. The van der Waals surface area contributed by atoms with Crippen molar-refractivity contribution < 1.29 is 14.2 Å². The Balaban J connectivity index is 1.37. The Morgan fingerprint density at radius 1 is 1.00 bits per heavy atom. The fourth-order valence-corrected chi connectivity index (χ4v) is 4.62. The number of aromatic nitrogens is 3. The highest BCUT2D eigenvalue weighted by molar-refractivity contribution is 7.12. The quantitative estimate of drug-likeness (QED) is 0.415. The molecule has 7 heteroatoms. The average Bonchev–Trinajstić information content (AvgIpc) is 3.46. The molecule has 0 N–H and O–H groups in total. The van der Waals surface area contributed by atoms with Gasteiger partial charge in [0.25, 0.3) is 0 Å². The number of hydrogen-bond donors (Lipinski definition) is 0. The van der Waals surface area contributed by atoms with Crippen molar-refractivity contribution in [2.75, 3.05) is 6.61 Å². The first-order chi connectivity index (χ1) is 15.1. The minimum absolute atomic E-state index is 0.137. The van der Waals surface area contributed by atoms with Crippen LogP contribution in [0.3, 0.4) is 0 Å². The lowest BCUT2D eigenvalue weighted by atomic mass is 10.1. The Bertz CT molecular complexity index is 1170. The molecule has 2 aromatic carbocycles. The van der Waals surface area contributed by atoms with Crippen LogP contribution in [0.1, 0.15) is 29.5 Å². The summed E-state index contributed by atoms with van der Waals surface area (Å²) in [6.45, 7) is 6.55. The van der Waals surface area contributed by atoms with Crippen LogP contribution in [-0.2, 0) is 4.74 Å². The number of rotatable bonds is 6. The summed E-state index contributed by atoms with van der Waals surface area (Å²) in [6, 6.07) is 16.2. The summed E-state index contributed by atoms with van der Waals surface area (Å²) in [7, 11) is 0. The van der Waals surface area contributed by atoms with E-state index < -0.39 is 0 Å². The third kappa shape index (κ3) is 4.16. The Labute approximate surface area is 185 Å². The second-order valence-corrected chi connectivity index (χ2v) is 8.78. The van der Waals surface area contributed by atoms with Crippen molar-refractivity contribution >= 4 is 21.9 Å². The summed E-state index contributed by atoms with van der Waals surface area (Å²) in [6.07, 6.45) is 2.02. The van der Waals surface area contributed by atoms with Crippen LogP contribution in [0.2, 0.25) is 0 Å². The van der Waals surface area contributed by atoms with E-state index in [1.54, 1.807) is 0 Å². The molecule has 0 saturated carbocycles. The number of imidazole rings is 1. The van der Waals surface area contributed by atoms with Crippen molar-refractivity contribution in [2.45, 2.75) is 45.6 Å². The molecule has 1 aliphatic rings. The maximum absolute atomic E-state index is 6.44. The highest BCUT2D eigenvalue weighted by atomic mass is 32.1. The zero-order valence-electron chi connectivity index (χ0n) is 17.8. The van der Waals surface area contributed by atoms with Gasteiger partial charge in [-0.25, -0.2) is 4.98 Å². The lowest BCUT2D eigenvalue weighted by Crippen LogP contribution is -2.32. The molecule has 2 aromatic heterocycles. The SMILES string of the molecule is Cc1ccc(OC[C@H]2O[C@@H](n3cnc4snc(C)c43)C[C@@H]2Oc2ccc(C)cc2)cc1.